The predicted octanol–water partition coefficient (Wildman–Crippen LogP) is 6.92. The second-order valence-corrected chi connectivity index (χ2v) is 12.7. The van der Waals surface area contributed by atoms with Gasteiger partial charge in [0.1, 0.15) is 28.4 Å². The summed E-state index contributed by atoms with van der Waals surface area (Å²) in [6.45, 7) is 2.23. The van der Waals surface area contributed by atoms with Gasteiger partial charge < -0.3 is 20.3 Å². The van der Waals surface area contributed by atoms with Crippen molar-refractivity contribution in [3.63, 3.8) is 0 Å². The molecule has 0 bridgehead atoms. The van der Waals surface area contributed by atoms with Gasteiger partial charge in [-0.3, -0.25) is 9.48 Å². The van der Waals surface area contributed by atoms with Crippen LogP contribution in [0.2, 0.25) is 10.0 Å². The number of halogens is 4. The van der Waals surface area contributed by atoms with Gasteiger partial charge in [0.2, 0.25) is 0 Å². The van der Waals surface area contributed by atoms with Crippen molar-refractivity contribution in [3.8, 4) is 17.0 Å². The minimum Gasteiger partial charge on any atom is -0.494 e. The highest BCUT2D eigenvalue weighted by molar-refractivity contribution is 6.43. The van der Waals surface area contributed by atoms with Gasteiger partial charge in [-0.1, -0.05) is 47.5 Å². The Labute approximate surface area is 273 Å². The normalized spacial score (nSPS) is 14.7. The molecule has 2 heterocycles. The number of fused-ring (bicyclic) bond motifs is 1. The fourth-order valence-electron chi connectivity index (χ4n) is 5.38. The van der Waals surface area contributed by atoms with Crippen LogP contribution in [0.5, 0.6) is 5.75 Å². The van der Waals surface area contributed by atoms with Gasteiger partial charge in [-0.25, -0.2) is 13.8 Å². The van der Waals surface area contributed by atoms with Gasteiger partial charge in [0, 0.05) is 28.3 Å². The molecule has 0 radical (unpaired) electrons. The lowest BCUT2D eigenvalue weighted by molar-refractivity contribution is 0.0624. The average Bonchev–Trinajstić information content (AvgIpc) is 3.78. The zero-order valence-electron chi connectivity index (χ0n) is 25.1. The number of carbonyl (C=O) groups excluding carboxylic acids is 1. The Hall–Kier alpha value is -4.09. The van der Waals surface area contributed by atoms with Crippen molar-refractivity contribution in [3.05, 3.63) is 111 Å². The van der Waals surface area contributed by atoms with Gasteiger partial charge >= 0.3 is 0 Å². The molecule has 0 unspecified atom stereocenters. The highest BCUT2D eigenvalue weighted by Gasteiger charge is 2.38. The second kappa shape index (κ2) is 11.9. The number of ether oxygens (including phenoxy) is 1. The lowest BCUT2D eigenvalue weighted by Gasteiger charge is -2.31. The molecule has 238 valence electrons. The van der Waals surface area contributed by atoms with E-state index in [1.54, 1.807) is 18.2 Å². The SMILES string of the molecule is COc1cc(C(=O)NC[C@@](O)(c2cccc(F)c2)c2cc(C(C)(C)O)c(F)c(-c3cccc(Cl)c3Cl)n2)cc2cn(C3CC3)nc12. The van der Waals surface area contributed by atoms with E-state index in [1.807, 2.05) is 10.9 Å². The number of hydrogen-bond donors (Lipinski definition) is 3. The number of rotatable bonds is 9. The van der Waals surface area contributed by atoms with Crippen LogP contribution in [0.1, 0.15) is 59.9 Å². The Morgan fingerprint density at radius 3 is 2.50 bits per heavy atom. The zero-order chi connectivity index (χ0) is 33.0. The summed E-state index contributed by atoms with van der Waals surface area (Å²) in [5.41, 5.74) is -3.67. The van der Waals surface area contributed by atoms with Crippen molar-refractivity contribution in [1.82, 2.24) is 20.1 Å². The van der Waals surface area contributed by atoms with Crippen LogP contribution in [-0.4, -0.2) is 44.5 Å². The van der Waals surface area contributed by atoms with E-state index in [9.17, 15) is 19.4 Å². The number of nitrogens with one attached hydrogen (secondary N) is 1. The van der Waals surface area contributed by atoms with E-state index in [0.717, 1.165) is 18.9 Å². The standard InChI is InChI=1S/C34H30Cl2F2N4O4/c1-33(2,44)24-15-27(40-31(29(24)38)23-8-5-9-25(35)28(23)36)34(45,20-6-4-7-21(37)14-20)17-39-32(43)18-12-19-16-42(22-10-11-22)41-30(19)26(13-18)46-3/h4-9,12-16,22,44-45H,10-11,17H2,1-3H3,(H,39,43)/t34-/m1/s1. The molecule has 2 aromatic heterocycles. The second-order valence-electron chi connectivity index (χ2n) is 11.9. The van der Waals surface area contributed by atoms with Gasteiger partial charge in [0.15, 0.2) is 5.82 Å². The maximum absolute atomic E-state index is 16.0. The van der Waals surface area contributed by atoms with E-state index in [2.05, 4.69) is 15.4 Å². The number of nitrogens with zero attached hydrogens (tertiary/aromatic N) is 3. The smallest absolute Gasteiger partial charge is 0.251 e. The third-order valence-electron chi connectivity index (χ3n) is 8.05. The summed E-state index contributed by atoms with van der Waals surface area (Å²) in [5, 5.41) is 31.5. The number of benzene rings is 3. The van der Waals surface area contributed by atoms with Gasteiger partial charge in [-0.05, 0) is 68.7 Å². The number of aliphatic hydroxyl groups is 2. The number of amides is 1. The Kier molecular flexibility index (Phi) is 8.27. The average molecular weight is 668 g/mol. The molecule has 1 saturated carbocycles. The van der Waals surface area contributed by atoms with E-state index in [4.69, 9.17) is 27.9 Å². The Morgan fingerprint density at radius 1 is 1.09 bits per heavy atom. The molecule has 0 aliphatic heterocycles. The molecule has 1 aliphatic carbocycles. The minimum absolute atomic E-state index is 0.00589. The number of carbonyl (C=O) groups is 1. The van der Waals surface area contributed by atoms with Crippen molar-refractivity contribution in [2.45, 2.75) is 43.9 Å². The van der Waals surface area contributed by atoms with Crippen LogP contribution in [0.4, 0.5) is 8.78 Å². The molecule has 0 saturated heterocycles. The van der Waals surface area contributed by atoms with Gasteiger partial charge in [0.05, 0.1) is 41.0 Å². The highest BCUT2D eigenvalue weighted by Crippen LogP contribution is 2.40. The molecule has 12 heteroatoms. The van der Waals surface area contributed by atoms with Gasteiger partial charge in [-0.15, -0.1) is 0 Å². The molecule has 5 aromatic rings. The summed E-state index contributed by atoms with van der Waals surface area (Å²) < 4.78 is 38.0. The first kappa shape index (κ1) is 31.9. The van der Waals surface area contributed by atoms with Crippen LogP contribution >= 0.6 is 23.2 Å². The Balaban J connectivity index is 1.45. The summed E-state index contributed by atoms with van der Waals surface area (Å²) in [6.07, 6.45) is 3.92. The van der Waals surface area contributed by atoms with Crippen LogP contribution < -0.4 is 10.1 Å². The number of methoxy groups -OCH3 is 1. The van der Waals surface area contributed by atoms with E-state index in [0.29, 0.717) is 22.7 Å². The zero-order valence-corrected chi connectivity index (χ0v) is 26.6. The van der Waals surface area contributed by atoms with E-state index >= 15 is 4.39 Å². The fraction of sp³-hybridized carbons (Fsp3) is 0.265. The molecule has 3 aromatic carbocycles. The molecule has 1 fully saturated rings. The van der Waals surface area contributed by atoms with Crippen molar-refractivity contribution >= 4 is 40.0 Å². The Morgan fingerprint density at radius 2 is 1.83 bits per heavy atom. The molecular formula is C34H30Cl2F2N4O4. The quantitative estimate of drug-likeness (QED) is 0.158. The van der Waals surface area contributed by atoms with E-state index in [-0.39, 0.29) is 43.7 Å². The first-order valence-corrected chi connectivity index (χ1v) is 15.3. The lowest BCUT2D eigenvalue weighted by Crippen LogP contribution is -2.43. The molecule has 3 N–H and O–H groups in total. The van der Waals surface area contributed by atoms with E-state index in [1.165, 1.54) is 57.4 Å². The summed E-state index contributed by atoms with van der Waals surface area (Å²) >= 11 is 12.7. The van der Waals surface area contributed by atoms with Crippen molar-refractivity contribution in [2.75, 3.05) is 13.7 Å². The maximum atomic E-state index is 16.0. The molecule has 46 heavy (non-hydrogen) atoms. The van der Waals surface area contributed by atoms with Crippen LogP contribution in [0.15, 0.2) is 66.9 Å². The highest BCUT2D eigenvalue weighted by atomic mass is 35.5. The predicted molar refractivity (Wildman–Crippen MR) is 171 cm³/mol. The fourth-order valence-corrected chi connectivity index (χ4v) is 5.77. The number of aromatic nitrogens is 3. The first-order chi connectivity index (χ1) is 21.8. The topological polar surface area (TPSA) is 110 Å². The summed E-state index contributed by atoms with van der Waals surface area (Å²) in [5.74, 6) is -1.72. The lowest BCUT2D eigenvalue weighted by atomic mass is 9.86. The van der Waals surface area contributed by atoms with Crippen LogP contribution in [0, 0.1) is 11.6 Å². The third-order valence-corrected chi connectivity index (χ3v) is 8.87. The largest absolute Gasteiger partial charge is 0.494 e. The third kappa shape index (κ3) is 5.93. The minimum atomic E-state index is -2.21. The number of hydrogen-bond acceptors (Lipinski definition) is 6. The molecule has 1 atom stereocenters. The van der Waals surface area contributed by atoms with E-state index < -0.39 is 35.3 Å². The molecule has 8 nitrogen and oxygen atoms in total. The number of pyridine rings is 1. The van der Waals surface area contributed by atoms with Crippen molar-refractivity contribution in [2.24, 2.45) is 0 Å². The summed E-state index contributed by atoms with van der Waals surface area (Å²) in [7, 11) is 1.49. The maximum Gasteiger partial charge on any atom is 0.251 e. The van der Waals surface area contributed by atoms with Crippen LogP contribution in [0.25, 0.3) is 22.2 Å². The van der Waals surface area contributed by atoms with Crippen molar-refractivity contribution in [1.29, 1.82) is 0 Å². The first-order valence-electron chi connectivity index (χ1n) is 14.5. The van der Waals surface area contributed by atoms with Crippen molar-refractivity contribution < 1.29 is 28.5 Å². The van der Waals surface area contributed by atoms with Crippen LogP contribution in [0.3, 0.4) is 0 Å². The van der Waals surface area contributed by atoms with Gasteiger partial charge in [-0.2, -0.15) is 5.10 Å². The Bertz CT molecular complexity index is 1990. The van der Waals surface area contributed by atoms with Gasteiger partial charge in [0.25, 0.3) is 5.91 Å². The molecule has 1 aliphatic rings. The monoisotopic (exact) mass is 666 g/mol. The molecular weight excluding hydrogens is 637 g/mol. The molecule has 0 spiro atoms. The molecule has 1 amide bonds. The summed E-state index contributed by atoms with van der Waals surface area (Å²) in [4.78, 5) is 18.1. The van der Waals surface area contributed by atoms with Crippen LogP contribution in [-0.2, 0) is 11.2 Å². The summed E-state index contributed by atoms with van der Waals surface area (Å²) in [6, 6.07) is 14.4. The molecule has 6 rings (SSSR count).